The van der Waals surface area contributed by atoms with E-state index < -0.39 is 11.9 Å². The molecule has 0 radical (unpaired) electrons. The van der Waals surface area contributed by atoms with Crippen molar-refractivity contribution >= 4 is 11.9 Å². The van der Waals surface area contributed by atoms with Gasteiger partial charge in [-0.1, -0.05) is 109 Å². The third kappa shape index (κ3) is 7.95. The van der Waals surface area contributed by atoms with Crippen molar-refractivity contribution in [3.05, 3.63) is 155 Å². The van der Waals surface area contributed by atoms with Crippen molar-refractivity contribution in [1.29, 1.82) is 0 Å². The molecule has 0 bridgehead atoms. The molecule has 0 amide bonds. The van der Waals surface area contributed by atoms with Crippen molar-refractivity contribution in [2.45, 2.75) is 37.8 Å². The van der Waals surface area contributed by atoms with E-state index >= 15 is 0 Å². The lowest BCUT2D eigenvalue weighted by molar-refractivity contribution is -0.941. The van der Waals surface area contributed by atoms with Crippen LogP contribution in [0, 0.1) is 0 Å². The number of rotatable bonds is 12. The van der Waals surface area contributed by atoms with Gasteiger partial charge in [-0.3, -0.25) is 0 Å². The highest BCUT2D eigenvalue weighted by molar-refractivity contribution is 5.91. The number of hydrogen-bond donors (Lipinski definition) is 0. The largest absolute Gasteiger partial charge is 0.457 e. The molecule has 4 aromatic carbocycles. The van der Waals surface area contributed by atoms with Gasteiger partial charge in [-0.2, -0.15) is 0 Å². The minimum Gasteiger partial charge on any atom is -0.457 e. The van der Waals surface area contributed by atoms with Crippen LogP contribution in [-0.2, 0) is 44.7 Å². The summed E-state index contributed by atoms with van der Waals surface area (Å²) in [5.41, 5.74) is 8.16. The van der Waals surface area contributed by atoms with Crippen molar-refractivity contribution in [2.75, 3.05) is 53.5 Å². The maximum Gasteiger partial charge on any atom is 0.331 e. The van der Waals surface area contributed by atoms with E-state index in [1.807, 2.05) is 12.1 Å². The Hall–Kier alpha value is -4.52. The molecule has 6 nitrogen and oxygen atoms in total. The van der Waals surface area contributed by atoms with E-state index in [9.17, 15) is 9.59 Å². The first kappa shape index (κ1) is 33.4. The molecule has 0 saturated carbocycles. The van der Waals surface area contributed by atoms with Gasteiger partial charge < -0.3 is 18.4 Å². The number of quaternary nitrogens is 2. The second-order valence-electron chi connectivity index (χ2n) is 13.8. The van der Waals surface area contributed by atoms with Crippen LogP contribution in [0.2, 0.25) is 0 Å². The summed E-state index contributed by atoms with van der Waals surface area (Å²) in [4.78, 5) is 25.3. The minimum absolute atomic E-state index is 0.270. The Labute approximate surface area is 285 Å². The zero-order valence-electron chi connectivity index (χ0n) is 28.3. The first-order valence-corrected chi connectivity index (χ1v) is 17.3. The molecule has 6 rings (SSSR count). The Morgan fingerprint density at radius 2 is 0.958 bits per heavy atom. The Kier molecular flexibility index (Phi) is 10.5. The van der Waals surface area contributed by atoms with Crippen molar-refractivity contribution < 1.29 is 28.0 Å². The van der Waals surface area contributed by atoms with Crippen LogP contribution in [0.5, 0.6) is 0 Å². The molecular formula is C42H48N2O4+2. The number of likely N-dealkylation sites (N-methyl/N-ethyl adjacent to an activating group) is 2. The van der Waals surface area contributed by atoms with E-state index in [4.69, 9.17) is 9.47 Å². The van der Waals surface area contributed by atoms with Gasteiger partial charge in [-0.05, 0) is 22.3 Å². The maximum atomic E-state index is 12.6. The molecule has 0 N–H and O–H groups in total. The molecule has 0 fully saturated rings. The molecule has 2 aliphatic rings. The van der Waals surface area contributed by atoms with Gasteiger partial charge in [0.25, 0.3) is 0 Å². The Bertz CT molecular complexity index is 1600. The van der Waals surface area contributed by atoms with E-state index in [2.05, 4.69) is 111 Å². The summed E-state index contributed by atoms with van der Waals surface area (Å²) < 4.78 is 12.8. The average molecular weight is 645 g/mol. The fourth-order valence-electron chi connectivity index (χ4n) is 7.72. The molecule has 4 aromatic rings. The van der Waals surface area contributed by atoms with Crippen LogP contribution >= 0.6 is 0 Å². The summed E-state index contributed by atoms with van der Waals surface area (Å²) in [5.74, 6) is -1.05. The zero-order valence-corrected chi connectivity index (χ0v) is 28.3. The molecule has 2 aliphatic heterocycles. The highest BCUT2D eigenvalue weighted by Gasteiger charge is 2.40. The van der Waals surface area contributed by atoms with Crippen LogP contribution in [0.4, 0.5) is 0 Å². The topological polar surface area (TPSA) is 52.6 Å². The molecule has 6 heteroatoms. The van der Waals surface area contributed by atoms with E-state index in [-0.39, 0.29) is 25.3 Å². The highest BCUT2D eigenvalue weighted by Crippen LogP contribution is 2.38. The monoisotopic (exact) mass is 644 g/mol. The summed E-state index contributed by atoms with van der Waals surface area (Å²) in [7, 11) is 4.53. The van der Waals surface area contributed by atoms with Crippen LogP contribution in [0.3, 0.4) is 0 Å². The molecule has 0 spiro atoms. The van der Waals surface area contributed by atoms with Gasteiger partial charge in [0.1, 0.15) is 38.4 Å². The standard InChI is InChI=1S/C42H48N2O4/c1-43(25-23-35-17-9-11-19-37(35)39(43)31-33-13-5-3-6-14-33)27-29-47-41(45)21-22-42(46)48-30-28-44(2)26-24-36-18-10-12-20-38(36)40(44)32-34-15-7-4-8-16-34/h3-22,39-40H,23-32H2,1-2H3/q+2/t39-,40?,43+,44+/m1/s1. The normalized spacial score (nSPS) is 23.2. The fraction of sp³-hybridized carbons (Fsp3) is 0.333. The van der Waals surface area contributed by atoms with Gasteiger partial charge in [0.15, 0.2) is 0 Å². The van der Waals surface area contributed by atoms with Gasteiger partial charge in [0.2, 0.25) is 0 Å². The van der Waals surface area contributed by atoms with Gasteiger partial charge in [0, 0.05) is 49.0 Å². The maximum absolute atomic E-state index is 12.6. The summed E-state index contributed by atoms with van der Waals surface area (Å²) in [6.07, 6.45) is 6.22. The Morgan fingerprint density at radius 3 is 1.38 bits per heavy atom. The van der Waals surface area contributed by atoms with Crippen LogP contribution in [0.1, 0.15) is 45.5 Å². The minimum atomic E-state index is -0.523. The number of benzene rings is 4. The van der Waals surface area contributed by atoms with Crippen molar-refractivity contribution in [3.63, 3.8) is 0 Å². The van der Waals surface area contributed by atoms with E-state index in [0.29, 0.717) is 13.1 Å². The lowest BCUT2D eigenvalue weighted by Gasteiger charge is -2.45. The summed E-state index contributed by atoms with van der Waals surface area (Å²) in [6.45, 7) is 3.90. The second-order valence-corrected chi connectivity index (χ2v) is 13.8. The summed E-state index contributed by atoms with van der Waals surface area (Å²) in [5, 5.41) is 0. The van der Waals surface area contributed by atoms with Crippen LogP contribution in [0.25, 0.3) is 0 Å². The fourth-order valence-corrected chi connectivity index (χ4v) is 7.72. The number of fused-ring (bicyclic) bond motifs is 2. The van der Waals surface area contributed by atoms with Gasteiger partial charge in [0.05, 0.1) is 27.2 Å². The molecule has 0 aliphatic carbocycles. The number of ether oxygens (including phenoxy) is 2. The Balaban J connectivity index is 1.01. The van der Waals surface area contributed by atoms with Crippen molar-refractivity contribution in [2.24, 2.45) is 0 Å². The molecule has 1 unspecified atom stereocenters. The van der Waals surface area contributed by atoms with Crippen molar-refractivity contribution in [3.8, 4) is 0 Å². The van der Waals surface area contributed by atoms with Crippen LogP contribution < -0.4 is 0 Å². The first-order chi connectivity index (χ1) is 23.3. The number of esters is 2. The average Bonchev–Trinajstić information content (AvgIpc) is 3.11. The predicted molar refractivity (Wildman–Crippen MR) is 189 cm³/mol. The van der Waals surface area contributed by atoms with E-state index in [1.54, 1.807) is 0 Å². The van der Waals surface area contributed by atoms with E-state index in [0.717, 1.165) is 47.7 Å². The molecule has 0 aromatic heterocycles. The van der Waals surface area contributed by atoms with Gasteiger partial charge >= 0.3 is 11.9 Å². The summed E-state index contributed by atoms with van der Waals surface area (Å²) >= 11 is 0. The smallest absolute Gasteiger partial charge is 0.331 e. The molecule has 48 heavy (non-hydrogen) atoms. The highest BCUT2D eigenvalue weighted by atomic mass is 16.5. The second kappa shape index (κ2) is 15.1. The molecule has 0 saturated heterocycles. The van der Waals surface area contributed by atoms with E-state index in [1.165, 1.54) is 45.5 Å². The third-order valence-electron chi connectivity index (χ3n) is 10.7. The molecule has 4 atom stereocenters. The Morgan fingerprint density at radius 1 is 0.583 bits per heavy atom. The molecule has 248 valence electrons. The van der Waals surface area contributed by atoms with Crippen LogP contribution in [-0.4, -0.2) is 74.4 Å². The summed E-state index contributed by atoms with van der Waals surface area (Å²) in [6, 6.07) is 39.1. The predicted octanol–water partition coefficient (Wildman–Crippen LogP) is 6.60. The van der Waals surface area contributed by atoms with Gasteiger partial charge in [-0.25, -0.2) is 9.59 Å². The third-order valence-corrected chi connectivity index (χ3v) is 10.7. The number of carbonyl (C=O) groups is 2. The SMILES string of the molecule is C[N@@+]1(CCOC(=O)C=CC(=O)OCC[N@+]2(C)CCc3ccccc3[C@H]2Cc2ccccc2)CCc2ccccc2C1Cc1ccccc1. The number of nitrogens with zero attached hydrogens (tertiary/aromatic N) is 2. The number of hydrogen-bond acceptors (Lipinski definition) is 4. The lowest BCUT2D eigenvalue weighted by Crippen LogP contribution is -2.53. The first-order valence-electron chi connectivity index (χ1n) is 17.3. The zero-order chi connectivity index (χ0) is 33.4. The number of carbonyl (C=O) groups excluding carboxylic acids is 2. The molecular weight excluding hydrogens is 596 g/mol. The quantitative estimate of drug-likeness (QED) is 0.0991. The van der Waals surface area contributed by atoms with Crippen LogP contribution in [0.15, 0.2) is 121 Å². The van der Waals surface area contributed by atoms with Crippen molar-refractivity contribution in [1.82, 2.24) is 0 Å². The van der Waals surface area contributed by atoms with Gasteiger partial charge in [-0.15, -0.1) is 0 Å². The lowest BCUT2D eigenvalue weighted by atomic mass is 9.87. The molecule has 2 heterocycles.